The topological polar surface area (TPSA) is 26.0 Å². The molecule has 0 heterocycles. The van der Waals surface area contributed by atoms with E-state index in [9.17, 15) is 0 Å². The van der Waals surface area contributed by atoms with Crippen molar-refractivity contribution < 1.29 is 0 Å². The Labute approximate surface area is 82.3 Å². The maximum atomic E-state index is 5.76. The van der Waals surface area contributed by atoms with Gasteiger partial charge in [-0.05, 0) is 18.2 Å². The second-order valence-electron chi connectivity index (χ2n) is 2.23. The summed E-state index contributed by atoms with van der Waals surface area (Å²) >= 11 is 9.73. The Morgan fingerprint density at radius 2 is 2.17 bits per heavy atom. The summed E-state index contributed by atoms with van der Waals surface area (Å²) in [5, 5.41) is 0.610. The standard InChI is InChI=1S/C9H8ClNS/c10-8-4-7(2-1-3-12)5-9(11)6-8/h4-6,12H,3,11H2. The molecule has 1 rings (SSSR count). The summed E-state index contributed by atoms with van der Waals surface area (Å²) in [5.74, 6) is 6.24. The van der Waals surface area contributed by atoms with Crippen LogP contribution in [0.2, 0.25) is 5.02 Å². The van der Waals surface area contributed by atoms with E-state index in [-0.39, 0.29) is 0 Å². The molecule has 0 atom stereocenters. The molecule has 3 heteroatoms. The molecule has 1 nitrogen and oxygen atoms in total. The molecular weight excluding hydrogens is 190 g/mol. The number of hydrogen-bond acceptors (Lipinski definition) is 2. The molecule has 1 aromatic carbocycles. The molecule has 0 radical (unpaired) electrons. The van der Waals surface area contributed by atoms with E-state index in [2.05, 4.69) is 24.5 Å². The van der Waals surface area contributed by atoms with E-state index in [1.807, 2.05) is 0 Å². The summed E-state index contributed by atoms with van der Waals surface area (Å²) in [7, 11) is 0. The van der Waals surface area contributed by atoms with E-state index in [0.29, 0.717) is 16.5 Å². The molecule has 0 aliphatic heterocycles. The highest BCUT2D eigenvalue weighted by Crippen LogP contribution is 2.15. The average molecular weight is 198 g/mol. The second-order valence-corrected chi connectivity index (χ2v) is 2.99. The minimum absolute atomic E-state index is 0.534. The Morgan fingerprint density at radius 3 is 2.75 bits per heavy atom. The van der Waals surface area contributed by atoms with Gasteiger partial charge in [-0.3, -0.25) is 0 Å². The third kappa shape index (κ3) is 2.69. The van der Waals surface area contributed by atoms with Gasteiger partial charge in [-0.15, -0.1) is 0 Å². The van der Waals surface area contributed by atoms with Crippen molar-refractivity contribution in [1.82, 2.24) is 0 Å². The summed E-state index contributed by atoms with van der Waals surface area (Å²) in [6.07, 6.45) is 0. The van der Waals surface area contributed by atoms with Gasteiger partial charge in [-0.25, -0.2) is 0 Å². The van der Waals surface area contributed by atoms with E-state index < -0.39 is 0 Å². The molecule has 0 spiro atoms. The van der Waals surface area contributed by atoms with Crippen LogP contribution < -0.4 is 5.73 Å². The molecule has 0 fully saturated rings. The molecule has 0 aromatic heterocycles. The van der Waals surface area contributed by atoms with Crippen LogP contribution in [0.25, 0.3) is 0 Å². The molecule has 12 heavy (non-hydrogen) atoms. The van der Waals surface area contributed by atoms with Crippen LogP contribution in [0, 0.1) is 11.8 Å². The molecule has 1 aromatic rings. The molecular formula is C9H8ClNS. The number of nitrogen functional groups attached to an aromatic ring is 1. The Balaban J connectivity index is 3.01. The van der Waals surface area contributed by atoms with Gasteiger partial charge in [0.05, 0.1) is 5.75 Å². The van der Waals surface area contributed by atoms with Crippen molar-refractivity contribution >= 4 is 29.9 Å². The lowest BCUT2D eigenvalue weighted by molar-refractivity contribution is 1.63. The van der Waals surface area contributed by atoms with Gasteiger partial charge in [0.2, 0.25) is 0 Å². The number of halogens is 1. The zero-order chi connectivity index (χ0) is 8.97. The highest BCUT2D eigenvalue weighted by Gasteiger charge is 1.92. The first-order chi connectivity index (χ1) is 5.72. The fourth-order valence-corrected chi connectivity index (χ4v) is 1.15. The fourth-order valence-electron chi connectivity index (χ4n) is 0.826. The third-order valence-corrected chi connectivity index (χ3v) is 1.61. The van der Waals surface area contributed by atoms with Crippen LogP contribution in [0.15, 0.2) is 18.2 Å². The van der Waals surface area contributed by atoms with E-state index in [1.54, 1.807) is 18.2 Å². The first-order valence-corrected chi connectivity index (χ1v) is 4.39. The van der Waals surface area contributed by atoms with Crippen LogP contribution in [0.3, 0.4) is 0 Å². The Bertz CT molecular complexity index is 318. The highest BCUT2D eigenvalue weighted by molar-refractivity contribution is 7.80. The van der Waals surface area contributed by atoms with Crippen LogP contribution >= 0.6 is 24.2 Å². The van der Waals surface area contributed by atoms with Gasteiger partial charge < -0.3 is 5.73 Å². The second kappa shape index (κ2) is 4.30. The van der Waals surface area contributed by atoms with Gasteiger partial charge in [0.25, 0.3) is 0 Å². The van der Waals surface area contributed by atoms with Gasteiger partial charge in [-0.1, -0.05) is 23.4 Å². The quantitative estimate of drug-likeness (QED) is 0.372. The summed E-state index contributed by atoms with van der Waals surface area (Å²) < 4.78 is 0. The van der Waals surface area contributed by atoms with Crippen molar-refractivity contribution in [3.63, 3.8) is 0 Å². The van der Waals surface area contributed by atoms with E-state index in [4.69, 9.17) is 17.3 Å². The minimum Gasteiger partial charge on any atom is -0.399 e. The van der Waals surface area contributed by atoms with Crippen LogP contribution in [-0.2, 0) is 0 Å². The predicted octanol–water partition coefficient (Wildman–Crippen LogP) is 2.20. The number of thiol groups is 1. The van der Waals surface area contributed by atoms with Crippen molar-refractivity contribution in [2.75, 3.05) is 11.5 Å². The lowest BCUT2D eigenvalue weighted by Gasteiger charge is -1.95. The van der Waals surface area contributed by atoms with E-state index >= 15 is 0 Å². The number of rotatable bonds is 0. The normalized spacial score (nSPS) is 8.83. The van der Waals surface area contributed by atoms with Crippen molar-refractivity contribution in [2.45, 2.75) is 0 Å². The van der Waals surface area contributed by atoms with Crippen molar-refractivity contribution in [1.29, 1.82) is 0 Å². The largest absolute Gasteiger partial charge is 0.399 e. The molecule has 0 bridgehead atoms. The van der Waals surface area contributed by atoms with Gasteiger partial charge in [-0.2, -0.15) is 12.6 Å². The van der Waals surface area contributed by atoms with E-state index in [1.165, 1.54) is 0 Å². The van der Waals surface area contributed by atoms with Gasteiger partial charge >= 0.3 is 0 Å². The van der Waals surface area contributed by atoms with Crippen LogP contribution in [0.5, 0.6) is 0 Å². The first-order valence-electron chi connectivity index (χ1n) is 3.38. The van der Waals surface area contributed by atoms with Gasteiger partial charge in [0, 0.05) is 16.3 Å². The molecule has 0 aliphatic rings. The predicted molar refractivity (Wildman–Crippen MR) is 56.6 cm³/mol. The fraction of sp³-hybridized carbons (Fsp3) is 0.111. The molecule has 0 aliphatic carbocycles. The summed E-state index contributed by atoms with van der Waals surface area (Å²) in [6, 6.07) is 5.24. The molecule has 62 valence electrons. The van der Waals surface area contributed by atoms with Crippen molar-refractivity contribution in [3.05, 3.63) is 28.8 Å². The number of anilines is 1. The zero-order valence-electron chi connectivity index (χ0n) is 6.34. The molecule has 0 saturated heterocycles. The molecule has 0 unspecified atom stereocenters. The lowest BCUT2D eigenvalue weighted by atomic mass is 10.2. The van der Waals surface area contributed by atoms with Crippen LogP contribution in [0.1, 0.15) is 5.56 Å². The van der Waals surface area contributed by atoms with E-state index in [0.717, 1.165) is 5.56 Å². The SMILES string of the molecule is Nc1cc(Cl)cc(C#CCS)c1. The van der Waals surface area contributed by atoms with Crippen molar-refractivity contribution in [2.24, 2.45) is 0 Å². The Kier molecular flexibility index (Phi) is 3.33. The van der Waals surface area contributed by atoms with Gasteiger partial charge in [0.1, 0.15) is 0 Å². The van der Waals surface area contributed by atoms with Crippen LogP contribution in [0.4, 0.5) is 5.69 Å². The summed E-state index contributed by atoms with van der Waals surface area (Å²) in [4.78, 5) is 0. The minimum atomic E-state index is 0.534. The van der Waals surface area contributed by atoms with Gasteiger partial charge in [0.15, 0.2) is 0 Å². The maximum absolute atomic E-state index is 5.76. The molecule has 0 amide bonds. The Hall–Kier alpha value is -0.780. The number of nitrogens with two attached hydrogens (primary N) is 1. The average Bonchev–Trinajstić information content (AvgIpc) is 1.99. The summed E-state index contributed by atoms with van der Waals surface area (Å²) in [5.41, 5.74) is 7.02. The molecule has 0 saturated carbocycles. The number of benzene rings is 1. The Morgan fingerprint density at radius 1 is 1.42 bits per heavy atom. The number of hydrogen-bond donors (Lipinski definition) is 2. The maximum Gasteiger partial charge on any atom is 0.0521 e. The first kappa shape index (κ1) is 9.31. The lowest BCUT2D eigenvalue weighted by Crippen LogP contribution is -1.85. The zero-order valence-corrected chi connectivity index (χ0v) is 7.99. The third-order valence-electron chi connectivity index (χ3n) is 1.23. The highest BCUT2D eigenvalue weighted by atomic mass is 35.5. The smallest absolute Gasteiger partial charge is 0.0521 e. The summed E-state index contributed by atoms with van der Waals surface area (Å²) in [6.45, 7) is 0. The van der Waals surface area contributed by atoms with Crippen LogP contribution in [-0.4, -0.2) is 5.75 Å². The molecule has 2 N–H and O–H groups in total. The monoisotopic (exact) mass is 197 g/mol. The van der Waals surface area contributed by atoms with Crippen molar-refractivity contribution in [3.8, 4) is 11.8 Å².